The highest BCUT2D eigenvalue weighted by molar-refractivity contribution is 7.88. The average Bonchev–Trinajstić information content (AvgIpc) is 2.45. The largest absolute Gasteiger partial charge is 0.338 e. The number of nitrogens with one attached hydrogen (secondary N) is 2. The molecule has 0 spiro atoms. The van der Waals surface area contributed by atoms with Gasteiger partial charge in [0.15, 0.2) is 0 Å². The molecule has 1 heterocycles. The molecule has 0 aliphatic carbocycles. The normalized spacial score (nSPS) is 19.0. The summed E-state index contributed by atoms with van der Waals surface area (Å²) in [5.74, 6) is -0.406. The lowest BCUT2D eigenvalue weighted by molar-refractivity contribution is 0.235. The number of carbonyl (C=O) groups excluding carboxylic acids is 1. The zero-order valence-corrected chi connectivity index (χ0v) is 14.8. The second kappa shape index (κ2) is 7.94. The number of hydrogen-bond donors (Lipinski definition) is 2. The minimum absolute atomic E-state index is 0.0783. The van der Waals surface area contributed by atoms with Crippen LogP contribution in [0, 0.1) is 12.7 Å². The summed E-state index contributed by atoms with van der Waals surface area (Å²) in [5.41, 5.74) is 1.11. The first kappa shape index (κ1) is 18.7. The Balaban J connectivity index is 1.83. The van der Waals surface area contributed by atoms with Gasteiger partial charge in [-0.15, -0.1) is 0 Å². The zero-order valence-electron chi connectivity index (χ0n) is 14.0. The number of halogens is 1. The predicted molar refractivity (Wildman–Crippen MR) is 92.0 cm³/mol. The van der Waals surface area contributed by atoms with E-state index < -0.39 is 21.9 Å². The molecular weight excluding hydrogens is 333 g/mol. The summed E-state index contributed by atoms with van der Waals surface area (Å²) < 4.78 is 38.4. The first-order chi connectivity index (χ1) is 11.3. The molecule has 0 radical (unpaired) electrons. The van der Waals surface area contributed by atoms with Crippen LogP contribution in [0.2, 0.25) is 0 Å². The maximum atomic E-state index is 13.3. The lowest BCUT2D eigenvalue weighted by Gasteiger charge is -2.33. The van der Waals surface area contributed by atoms with Gasteiger partial charge in [-0.05, 0) is 49.9 Å². The molecule has 0 unspecified atom stereocenters. The standard InChI is InChI=1S/C16H24FN3O3S/c1-12-9-13(17)11-14(10-12)19-16(21)18-7-6-15-5-3-4-8-20(15)24(2,22)23/h9-11,15H,3-8H2,1-2H3,(H2,18,19,21)/t15-/m1/s1. The van der Waals surface area contributed by atoms with Crippen molar-refractivity contribution >= 4 is 21.7 Å². The molecule has 1 aliphatic rings. The molecule has 1 aromatic rings. The molecule has 2 N–H and O–H groups in total. The second-order valence-corrected chi connectivity index (χ2v) is 8.15. The number of carbonyl (C=O) groups is 1. The Hall–Kier alpha value is -1.67. The lowest BCUT2D eigenvalue weighted by Crippen LogP contribution is -2.44. The van der Waals surface area contributed by atoms with Crippen molar-refractivity contribution in [1.29, 1.82) is 0 Å². The Morgan fingerprint density at radius 1 is 1.33 bits per heavy atom. The Bertz CT molecular complexity index is 674. The minimum atomic E-state index is -3.22. The summed E-state index contributed by atoms with van der Waals surface area (Å²) >= 11 is 0. The average molecular weight is 357 g/mol. The van der Waals surface area contributed by atoms with Crippen LogP contribution in [-0.2, 0) is 10.0 Å². The molecule has 1 aromatic carbocycles. The van der Waals surface area contributed by atoms with Gasteiger partial charge in [-0.3, -0.25) is 0 Å². The SMILES string of the molecule is Cc1cc(F)cc(NC(=O)NCC[C@H]2CCCCN2S(C)(=O)=O)c1. The molecule has 2 rings (SSSR count). The van der Waals surface area contributed by atoms with Crippen molar-refractivity contribution in [3.63, 3.8) is 0 Å². The fraction of sp³-hybridized carbons (Fsp3) is 0.562. The Morgan fingerprint density at radius 3 is 2.75 bits per heavy atom. The van der Waals surface area contributed by atoms with E-state index in [-0.39, 0.29) is 6.04 Å². The number of piperidine rings is 1. The highest BCUT2D eigenvalue weighted by atomic mass is 32.2. The van der Waals surface area contributed by atoms with Crippen LogP contribution in [0.25, 0.3) is 0 Å². The van der Waals surface area contributed by atoms with E-state index in [0.717, 1.165) is 24.8 Å². The number of nitrogens with zero attached hydrogens (tertiary/aromatic N) is 1. The fourth-order valence-corrected chi connectivity index (χ4v) is 4.25. The summed E-state index contributed by atoms with van der Waals surface area (Å²) in [6.45, 7) is 2.64. The monoisotopic (exact) mass is 357 g/mol. The molecule has 2 amide bonds. The summed E-state index contributed by atoms with van der Waals surface area (Å²) in [7, 11) is -3.22. The van der Waals surface area contributed by atoms with Crippen LogP contribution in [0.3, 0.4) is 0 Å². The van der Waals surface area contributed by atoms with Gasteiger partial charge >= 0.3 is 6.03 Å². The predicted octanol–water partition coefficient (Wildman–Crippen LogP) is 2.46. The molecule has 0 saturated carbocycles. The number of amides is 2. The van der Waals surface area contributed by atoms with Crippen molar-refractivity contribution in [2.45, 2.75) is 38.6 Å². The molecule has 1 fully saturated rings. The molecular formula is C16H24FN3O3S. The van der Waals surface area contributed by atoms with Crippen LogP contribution < -0.4 is 10.6 Å². The quantitative estimate of drug-likeness (QED) is 0.850. The molecule has 1 aliphatic heterocycles. The van der Waals surface area contributed by atoms with Gasteiger partial charge < -0.3 is 10.6 Å². The third-order valence-electron chi connectivity index (χ3n) is 4.06. The van der Waals surface area contributed by atoms with Gasteiger partial charge in [0.1, 0.15) is 5.82 Å². The first-order valence-corrected chi connectivity index (χ1v) is 9.89. The van der Waals surface area contributed by atoms with Crippen LogP contribution in [0.4, 0.5) is 14.9 Å². The molecule has 1 atom stereocenters. The van der Waals surface area contributed by atoms with Crippen LogP contribution in [0.1, 0.15) is 31.2 Å². The van der Waals surface area contributed by atoms with E-state index in [1.54, 1.807) is 13.0 Å². The van der Waals surface area contributed by atoms with Crippen molar-refractivity contribution in [2.24, 2.45) is 0 Å². The molecule has 6 nitrogen and oxygen atoms in total. The number of urea groups is 1. The summed E-state index contributed by atoms with van der Waals surface area (Å²) in [5, 5.41) is 5.28. The Morgan fingerprint density at radius 2 is 2.08 bits per heavy atom. The first-order valence-electron chi connectivity index (χ1n) is 8.04. The highest BCUT2D eigenvalue weighted by Gasteiger charge is 2.28. The van der Waals surface area contributed by atoms with E-state index in [1.807, 2.05) is 0 Å². The minimum Gasteiger partial charge on any atom is -0.338 e. The fourth-order valence-electron chi connectivity index (χ4n) is 3.04. The van der Waals surface area contributed by atoms with Crippen LogP contribution in [-0.4, -0.2) is 44.1 Å². The maximum Gasteiger partial charge on any atom is 0.319 e. The van der Waals surface area contributed by atoms with Crippen LogP contribution >= 0.6 is 0 Å². The number of anilines is 1. The van der Waals surface area contributed by atoms with E-state index in [9.17, 15) is 17.6 Å². The number of benzene rings is 1. The van der Waals surface area contributed by atoms with E-state index >= 15 is 0 Å². The van der Waals surface area contributed by atoms with Gasteiger partial charge in [0.2, 0.25) is 10.0 Å². The third kappa shape index (κ3) is 5.45. The summed E-state index contributed by atoms with van der Waals surface area (Å²) in [6, 6.07) is 3.80. The van der Waals surface area contributed by atoms with E-state index in [2.05, 4.69) is 10.6 Å². The third-order valence-corrected chi connectivity index (χ3v) is 5.39. The van der Waals surface area contributed by atoms with E-state index in [0.29, 0.717) is 25.2 Å². The number of sulfonamides is 1. The van der Waals surface area contributed by atoms with Gasteiger partial charge in [-0.25, -0.2) is 17.6 Å². The molecule has 0 bridgehead atoms. The smallest absolute Gasteiger partial charge is 0.319 e. The summed E-state index contributed by atoms with van der Waals surface area (Å²) in [4.78, 5) is 11.9. The van der Waals surface area contributed by atoms with Crippen molar-refractivity contribution in [1.82, 2.24) is 9.62 Å². The lowest BCUT2D eigenvalue weighted by atomic mass is 10.0. The number of rotatable bonds is 5. The highest BCUT2D eigenvalue weighted by Crippen LogP contribution is 2.21. The van der Waals surface area contributed by atoms with Crippen molar-refractivity contribution < 1.29 is 17.6 Å². The second-order valence-electron chi connectivity index (χ2n) is 6.21. The molecule has 24 heavy (non-hydrogen) atoms. The molecule has 0 aromatic heterocycles. The van der Waals surface area contributed by atoms with Gasteiger partial charge in [0.25, 0.3) is 0 Å². The van der Waals surface area contributed by atoms with Crippen LogP contribution in [0.5, 0.6) is 0 Å². The number of hydrogen-bond acceptors (Lipinski definition) is 3. The molecule has 134 valence electrons. The summed E-state index contributed by atoms with van der Waals surface area (Å²) in [6.07, 6.45) is 4.45. The zero-order chi connectivity index (χ0) is 17.7. The Labute approximate surface area is 142 Å². The topological polar surface area (TPSA) is 78.5 Å². The van der Waals surface area contributed by atoms with E-state index in [4.69, 9.17) is 0 Å². The van der Waals surface area contributed by atoms with Crippen molar-refractivity contribution in [2.75, 3.05) is 24.7 Å². The molecule has 1 saturated heterocycles. The van der Waals surface area contributed by atoms with E-state index in [1.165, 1.54) is 22.7 Å². The Kier molecular flexibility index (Phi) is 6.17. The molecule has 8 heteroatoms. The van der Waals surface area contributed by atoms with Crippen LogP contribution in [0.15, 0.2) is 18.2 Å². The van der Waals surface area contributed by atoms with Gasteiger partial charge in [-0.1, -0.05) is 6.42 Å². The maximum absolute atomic E-state index is 13.3. The number of aryl methyl sites for hydroxylation is 1. The van der Waals surface area contributed by atoms with Gasteiger partial charge in [0.05, 0.1) is 6.26 Å². The van der Waals surface area contributed by atoms with Crippen molar-refractivity contribution in [3.05, 3.63) is 29.6 Å². The van der Waals surface area contributed by atoms with Gasteiger partial charge in [-0.2, -0.15) is 4.31 Å². The van der Waals surface area contributed by atoms with Crippen molar-refractivity contribution in [3.8, 4) is 0 Å². The van der Waals surface area contributed by atoms with Gasteiger partial charge in [0, 0.05) is 24.8 Å².